The van der Waals surface area contributed by atoms with Gasteiger partial charge in [0.2, 0.25) is 0 Å². The standard InChI is InChI=1S/C14H15NOSi/c1-17(16)10-15-13-8-4-2-6-11(13)12-7-3-5-9-14(12)15/h2-9,16-17H,10H2,1H3. The molecule has 0 aliphatic carbocycles. The lowest BCUT2D eigenvalue weighted by molar-refractivity contribution is 0.563. The predicted octanol–water partition coefficient (Wildman–Crippen LogP) is 2.68. The highest BCUT2D eigenvalue weighted by Crippen LogP contribution is 2.28. The van der Waals surface area contributed by atoms with Gasteiger partial charge in [0.15, 0.2) is 9.04 Å². The fourth-order valence-electron chi connectivity index (χ4n) is 2.46. The Balaban J connectivity index is 2.41. The zero-order valence-corrected chi connectivity index (χ0v) is 11.0. The third-order valence-electron chi connectivity index (χ3n) is 3.13. The van der Waals surface area contributed by atoms with Gasteiger partial charge in [0.1, 0.15) is 0 Å². The fraction of sp³-hybridized carbons (Fsp3) is 0.143. The van der Waals surface area contributed by atoms with Gasteiger partial charge < -0.3 is 9.36 Å². The van der Waals surface area contributed by atoms with Crippen LogP contribution in [0.2, 0.25) is 6.55 Å². The quantitative estimate of drug-likeness (QED) is 0.686. The third kappa shape index (κ3) is 1.68. The molecule has 0 aliphatic rings. The molecule has 0 aliphatic heterocycles. The molecule has 1 aromatic heterocycles. The maximum Gasteiger partial charge on any atom is 0.188 e. The van der Waals surface area contributed by atoms with Crippen LogP contribution in [0, 0.1) is 0 Å². The van der Waals surface area contributed by atoms with Crippen molar-refractivity contribution in [3.8, 4) is 0 Å². The van der Waals surface area contributed by atoms with E-state index < -0.39 is 9.04 Å². The van der Waals surface area contributed by atoms with Crippen molar-refractivity contribution in [1.29, 1.82) is 0 Å². The summed E-state index contributed by atoms with van der Waals surface area (Å²) in [7, 11) is -1.62. The molecule has 17 heavy (non-hydrogen) atoms. The van der Waals surface area contributed by atoms with Crippen molar-refractivity contribution in [3.05, 3.63) is 48.5 Å². The van der Waals surface area contributed by atoms with Crippen molar-refractivity contribution in [1.82, 2.24) is 4.57 Å². The number of hydrogen-bond donors (Lipinski definition) is 1. The smallest absolute Gasteiger partial charge is 0.188 e. The van der Waals surface area contributed by atoms with Crippen molar-refractivity contribution in [2.24, 2.45) is 0 Å². The number of nitrogens with zero attached hydrogens (tertiary/aromatic N) is 1. The molecule has 0 saturated heterocycles. The van der Waals surface area contributed by atoms with E-state index in [1.165, 1.54) is 21.8 Å². The Kier molecular flexibility index (Phi) is 2.50. The Morgan fingerprint density at radius 1 is 0.941 bits per heavy atom. The first kappa shape index (κ1) is 10.6. The van der Waals surface area contributed by atoms with Crippen LogP contribution in [-0.2, 0) is 6.17 Å². The van der Waals surface area contributed by atoms with E-state index in [1.807, 2.05) is 6.55 Å². The number of hydrogen-bond acceptors (Lipinski definition) is 1. The summed E-state index contributed by atoms with van der Waals surface area (Å²) in [5.41, 5.74) is 2.45. The predicted molar refractivity (Wildman–Crippen MR) is 74.7 cm³/mol. The highest BCUT2D eigenvalue weighted by molar-refractivity contribution is 6.47. The second-order valence-corrected chi connectivity index (χ2v) is 6.56. The molecule has 3 heteroatoms. The van der Waals surface area contributed by atoms with Gasteiger partial charge in [0.25, 0.3) is 0 Å². The molecule has 3 aromatic rings. The average molecular weight is 241 g/mol. The highest BCUT2D eigenvalue weighted by Gasteiger charge is 2.11. The lowest BCUT2D eigenvalue weighted by Crippen LogP contribution is -2.16. The average Bonchev–Trinajstić information content (AvgIpc) is 2.65. The van der Waals surface area contributed by atoms with Crippen molar-refractivity contribution in [2.75, 3.05) is 0 Å². The van der Waals surface area contributed by atoms with Crippen LogP contribution >= 0.6 is 0 Å². The molecule has 0 spiro atoms. The number of aromatic nitrogens is 1. The second-order valence-electron chi connectivity index (χ2n) is 4.49. The Hall–Kier alpha value is -1.58. The molecule has 2 aromatic carbocycles. The van der Waals surface area contributed by atoms with Gasteiger partial charge in [0, 0.05) is 28.0 Å². The minimum atomic E-state index is -1.62. The van der Waals surface area contributed by atoms with Crippen molar-refractivity contribution >= 4 is 30.8 Å². The lowest BCUT2D eigenvalue weighted by atomic mass is 10.2. The summed E-state index contributed by atoms with van der Waals surface area (Å²) >= 11 is 0. The van der Waals surface area contributed by atoms with Crippen LogP contribution in [0.4, 0.5) is 0 Å². The summed E-state index contributed by atoms with van der Waals surface area (Å²) in [5, 5.41) is 2.55. The molecule has 1 atom stereocenters. The van der Waals surface area contributed by atoms with Gasteiger partial charge in [-0.1, -0.05) is 36.4 Å². The molecule has 0 fully saturated rings. The third-order valence-corrected chi connectivity index (χ3v) is 4.02. The Labute approximate surface area is 102 Å². The van der Waals surface area contributed by atoms with Gasteiger partial charge in [-0.05, 0) is 18.7 Å². The summed E-state index contributed by atoms with van der Waals surface area (Å²) < 4.78 is 2.25. The Morgan fingerprint density at radius 2 is 1.41 bits per heavy atom. The first-order valence-corrected chi connectivity index (χ1v) is 8.40. The van der Waals surface area contributed by atoms with Crippen LogP contribution in [0.15, 0.2) is 48.5 Å². The zero-order chi connectivity index (χ0) is 11.8. The van der Waals surface area contributed by atoms with Gasteiger partial charge >= 0.3 is 0 Å². The number of para-hydroxylation sites is 2. The number of fused-ring (bicyclic) bond motifs is 3. The molecule has 1 N–H and O–H groups in total. The monoisotopic (exact) mass is 241 g/mol. The van der Waals surface area contributed by atoms with E-state index in [0.29, 0.717) is 0 Å². The van der Waals surface area contributed by atoms with Crippen LogP contribution in [0.1, 0.15) is 0 Å². The minimum Gasteiger partial charge on any atom is -0.433 e. The maximum absolute atomic E-state index is 9.76. The highest BCUT2D eigenvalue weighted by atomic mass is 28.3. The fourth-order valence-corrected chi connectivity index (χ4v) is 3.39. The second kappa shape index (κ2) is 4.02. The summed E-state index contributed by atoms with van der Waals surface area (Å²) in [6.45, 7) is 1.96. The Morgan fingerprint density at radius 3 is 1.88 bits per heavy atom. The summed E-state index contributed by atoms with van der Waals surface area (Å²) in [6, 6.07) is 16.8. The molecule has 3 rings (SSSR count). The van der Waals surface area contributed by atoms with Crippen molar-refractivity contribution in [3.63, 3.8) is 0 Å². The molecule has 0 bridgehead atoms. The van der Waals surface area contributed by atoms with E-state index in [2.05, 4.69) is 53.1 Å². The minimum absolute atomic E-state index is 0.772. The molecule has 86 valence electrons. The van der Waals surface area contributed by atoms with E-state index in [9.17, 15) is 4.80 Å². The zero-order valence-electron chi connectivity index (χ0n) is 9.80. The molecule has 2 nitrogen and oxygen atoms in total. The van der Waals surface area contributed by atoms with Gasteiger partial charge in [-0.25, -0.2) is 0 Å². The van der Waals surface area contributed by atoms with Gasteiger partial charge in [-0.3, -0.25) is 0 Å². The first-order valence-electron chi connectivity index (χ1n) is 5.91. The van der Waals surface area contributed by atoms with Crippen LogP contribution in [-0.4, -0.2) is 18.4 Å². The molecule has 0 saturated carbocycles. The summed E-state index contributed by atoms with van der Waals surface area (Å²) in [4.78, 5) is 9.76. The van der Waals surface area contributed by atoms with E-state index in [1.54, 1.807) is 0 Å². The molecule has 0 radical (unpaired) electrons. The van der Waals surface area contributed by atoms with E-state index in [0.717, 1.165) is 6.17 Å². The van der Waals surface area contributed by atoms with Crippen LogP contribution < -0.4 is 0 Å². The number of rotatable bonds is 2. The topological polar surface area (TPSA) is 25.2 Å². The lowest BCUT2D eigenvalue weighted by Gasteiger charge is -2.08. The van der Waals surface area contributed by atoms with Crippen LogP contribution in [0.5, 0.6) is 0 Å². The van der Waals surface area contributed by atoms with Crippen LogP contribution in [0.3, 0.4) is 0 Å². The van der Waals surface area contributed by atoms with E-state index in [4.69, 9.17) is 0 Å². The number of benzene rings is 2. The van der Waals surface area contributed by atoms with Gasteiger partial charge in [-0.2, -0.15) is 0 Å². The van der Waals surface area contributed by atoms with E-state index in [-0.39, 0.29) is 0 Å². The SMILES string of the molecule is C[SiH](O)Cn1c2ccccc2c2ccccc21. The largest absolute Gasteiger partial charge is 0.433 e. The van der Waals surface area contributed by atoms with Crippen LogP contribution in [0.25, 0.3) is 21.8 Å². The van der Waals surface area contributed by atoms with Gasteiger partial charge in [0.05, 0.1) is 0 Å². The molecular weight excluding hydrogens is 226 g/mol. The summed E-state index contributed by atoms with van der Waals surface area (Å²) in [6.07, 6.45) is 0.772. The Bertz CT molecular complexity index is 619. The normalized spacial score (nSPS) is 13.3. The van der Waals surface area contributed by atoms with Crippen molar-refractivity contribution in [2.45, 2.75) is 12.7 Å². The molecule has 0 amide bonds. The first-order chi connectivity index (χ1) is 8.27. The van der Waals surface area contributed by atoms with Crippen molar-refractivity contribution < 1.29 is 4.80 Å². The van der Waals surface area contributed by atoms with E-state index >= 15 is 0 Å². The summed E-state index contributed by atoms with van der Waals surface area (Å²) in [5.74, 6) is 0. The molecule has 1 heterocycles. The molecule has 1 unspecified atom stereocenters. The van der Waals surface area contributed by atoms with Gasteiger partial charge in [-0.15, -0.1) is 0 Å². The maximum atomic E-state index is 9.76. The molecular formula is C14H15NOSi.